The van der Waals surface area contributed by atoms with Crippen LogP contribution >= 0.6 is 0 Å². The fourth-order valence-corrected chi connectivity index (χ4v) is 9.00. The minimum absolute atomic E-state index is 0.126. The summed E-state index contributed by atoms with van der Waals surface area (Å²) in [4.78, 5) is 24.9. The monoisotopic (exact) mass is 427 g/mol. The van der Waals surface area contributed by atoms with Gasteiger partial charge < -0.3 is 20.0 Å². The van der Waals surface area contributed by atoms with Gasteiger partial charge in [-0.25, -0.2) is 0 Å². The Labute approximate surface area is 180 Å². The molecule has 1 fully saturated rings. The first kappa shape index (κ1) is 22.7. The molecule has 0 amide bonds. The highest BCUT2D eigenvalue weighted by molar-refractivity contribution is 6.98. The number of carbonyl (C=O) groups is 1. The highest BCUT2D eigenvalue weighted by Gasteiger charge is 2.55. The predicted molar refractivity (Wildman–Crippen MR) is 121 cm³/mol. The topological polar surface area (TPSA) is 81.8 Å². The van der Waals surface area contributed by atoms with Crippen molar-refractivity contribution >= 4 is 24.7 Å². The maximum absolute atomic E-state index is 12.5. The molecule has 1 aliphatic carbocycles. The largest absolute Gasteiger partial charge is 0.469 e. The second kappa shape index (κ2) is 9.02. The number of rotatable bonds is 7. The van der Waals surface area contributed by atoms with Crippen molar-refractivity contribution in [3.63, 3.8) is 0 Å². The fraction of sp³-hybridized carbons (Fsp3) is 0.458. The van der Waals surface area contributed by atoms with Gasteiger partial charge in [-0.15, -0.1) is 0 Å². The highest BCUT2D eigenvalue weighted by Crippen LogP contribution is 2.48. The van der Waals surface area contributed by atoms with Crippen LogP contribution in [0.1, 0.15) is 26.7 Å². The number of benzene rings is 2. The van der Waals surface area contributed by atoms with Crippen LogP contribution in [-0.2, 0) is 14.3 Å². The minimum Gasteiger partial charge on any atom is -0.469 e. The fourth-order valence-electron chi connectivity index (χ4n) is 5.22. The molecule has 0 aromatic heterocycles. The lowest BCUT2D eigenvalue weighted by Gasteiger charge is -2.44. The van der Waals surface area contributed by atoms with Crippen LogP contribution in [0.15, 0.2) is 60.7 Å². The van der Waals surface area contributed by atoms with Crippen LogP contribution in [0, 0.1) is 11.8 Å². The minimum atomic E-state index is -3.18. The van der Waals surface area contributed by atoms with E-state index >= 15 is 0 Å². The second-order valence-electron chi connectivity index (χ2n) is 8.92. The number of ether oxygens (including phenoxy) is 2. The SMILES string of the molecule is COC(=O)[C@H]1C[C@@H](N)[C@H](OC)[C@@H]1CC(C)(C)[Si](O)(c1ccccc1)c1ccccc1. The van der Waals surface area contributed by atoms with Gasteiger partial charge in [0.05, 0.1) is 19.1 Å². The van der Waals surface area contributed by atoms with Crippen molar-refractivity contribution in [1.29, 1.82) is 0 Å². The van der Waals surface area contributed by atoms with Crippen LogP contribution in [0.2, 0.25) is 5.04 Å². The molecule has 3 N–H and O–H groups in total. The highest BCUT2D eigenvalue weighted by atomic mass is 28.4. The Balaban J connectivity index is 2.06. The molecule has 0 unspecified atom stereocenters. The van der Waals surface area contributed by atoms with E-state index < -0.39 is 13.4 Å². The maximum Gasteiger partial charge on any atom is 0.309 e. The molecular formula is C24H33NO4Si. The zero-order valence-corrected chi connectivity index (χ0v) is 19.2. The molecule has 6 heteroatoms. The predicted octanol–water partition coefficient (Wildman–Crippen LogP) is 2.06. The van der Waals surface area contributed by atoms with Crippen molar-refractivity contribution in [2.45, 2.75) is 43.9 Å². The van der Waals surface area contributed by atoms with Gasteiger partial charge >= 0.3 is 5.97 Å². The summed E-state index contributed by atoms with van der Waals surface area (Å²) in [5.74, 6) is -0.714. The first-order chi connectivity index (χ1) is 14.3. The van der Waals surface area contributed by atoms with E-state index in [1.165, 1.54) is 7.11 Å². The molecule has 4 atom stereocenters. The van der Waals surface area contributed by atoms with E-state index in [4.69, 9.17) is 15.2 Å². The summed E-state index contributed by atoms with van der Waals surface area (Å²) in [6.07, 6.45) is 0.881. The third kappa shape index (κ3) is 3.97. The molecule has 2 aromatic carbocycles. The van der Waals surface area contributed by atoms with Crippen LogP contribution < -0.4 is 16.1 Å². The van der Waals surface area contributed by atoms with Gasteiger partial charge in [0.25, 0.3) is 8.32 Å². The van der Waals surface area contributed by atoms with Crippen molar-refractivity contribution in [3.8, 4) is 0 Å². The third-order valence-electron chi connectivity index (χ3n) is 6.77. The summed E-state index contributed by atoms with van der Waals surface area (Å²) in [6, 6.07) is 19.6. The second-order valence-corrected chi connectivity index (χ2v) is 12.9. The van der Waals surface area contributed by atoms with Gasteiger partial charge in [-0.3, -0.25) is 4.79 Å². The summed E-state index contributed by atoms with van der Waals surface area (Å²) >= 11 is 0. The molecular weight excluding hydrogens is 394 g/mol. The molecule has 30 heavy (non-hydrogen) atoms. The number of hydrogen-bond acceptors (Lipinski definition) is 5. The molecule has 5 nitrogen and oxygen atoms in total. The van der Waals surface area contributed by atoms with Crippen molar-refractivity contribution in [3.05, 3.63) is 60.7 Å². The normalized spacial score (nSPS) is 24.6. The van der Waals surface area contributed by atoms with Gasteiger partial charge in [-0.1, -0.05) is 74.5 Å². The Morgan fingerprint density at radius 1 is 1.07 bits per heavy atom. The lowest BCUT2D eigenvalue weighted by molar-refractivity contribution is -0.147. The molecule has 1 aliphatic rings. The van der Waals surface area contributed by atoms with E-state index in [9.17, 15) is 9.59 Å². The summed E-state index contributed by atoms with van der Waals surface area (Å²) in [7, 11) is -0.131. The summed E-state index contributed by atoms with van der Waals surface area (Å²) in [5, 5.41) is 1.41. The van der Waals surface area contributed by atoms with Gasteiger partial charge in [0.2, 0.25) is 0 Å². The number of hydrogen-bond donors (Lipinski definition) is 2. The van der Waals surface area contributed by atoms with Gasteiger partial charge in [0, 0.05) is 19.1 Å². The van der Waals surface area contributed by atoms with E-state index in [-0.39, 0.29) is 30.0 Å². The van der Waals surface area contributed by atoms with Gasteiger partial charge in [0.15, 0.2) is 0 Å². The maximum atomic E-state index is 12.5. The molecule has 0 heterocycles. The first-order valence-corrected chi connectivity index (χ1v) is 12.4. The average Bonchev–Trinajstić information content (AvgIpc) is 3.07. The van der Waals surface area contributed by atoms with Crippen molar-refractivity contribution in [1.82, 2.24) is 0 Å². The van der Waals surface area contributed by atoms with Gasteiger partial charge in [0.1, 0.15) is 0 Å². The summed E-state index contributed by atoms with van der Waals surface area (Å²) < 4.78 is 10.8. The standard InChI is InChI=1S/C24H33NO4Si/c1-24(2,16-20-19(23(26)29-4)15-21(25)22(20)28-3)30(27,17-11-7-5-8-12-17)18-13-9-6-10-14-18/h5-14,19-22,27H,15-16,25H2,1-4H3/t19-,20+,21+,22+/m0/s1. The number of esters is 1. The Hall–Kier alpha value is -1.99. The molecule has 2 aromatic rings. The molecule has 0 bridgehead atoms. The molecule has 0 spiro atoms. The van der Waals surface area contributed by atoms with Gasteiger partial charge in [-0.05, 0) is 28.3 Å². The zero-order chi connectivity index (χ0) is 21.9. The molecule has 0 aliphatic heterocycles. The Bertz CT molecular complexity index is 803. The molecule has 1 saturated carbocycles. The molecule has 0 radical (unpaired) electrons. The quantitative estimate of drug-likeness (QED) is 0.522. The smallest absolute Gasteiger partial charge is 0.309 e. The third-order valence-corrected chi connectivity index (χ3v) is 11.3. The van der Waals surface area contributed by atoms with E-state index in [1.54, 1.807) is 7.11 Å². The van der Waals surface area contributed by atoms with Crippen molar-refractivity contribution in [2.24, 2.45) is 17.6 Å². The van der Waals surface area contributed by atoms with Crippen LogP contribution in [0.3, 0.4) is 0 Å². The van der Waals surface area contributed by atoms with Crippen LogP contribution in [0.25, 0.3) is 0 Å². The van der Waals surface area contributed by atoms with Crippen molar-refractivity contribution in [2.75, 3.05) is 14.2 Å². The Morgan fingerprint density at radius 2 is 1.57 bits per heavy atom. The van der Waals surface area contributed by atoms with Crippen LogP contribution in [0.5, 0.6) is 0 Å². The molecule has 162 valence electrons. The Kier molecular flexibility index (Phi) is 6.82. The van der Waals surface area contributed by atoms with E-state index in [1.807, 2.05) is 60.7 Å². The van der Waals surface area contributed by atoms with Crippen LogP contribution in [0.4, 0.5) is 0 Å². The first-order valence-electron chi connectivity index (χ1n) is 10.5. The number of methoxy groups -OCH3 is 2. The molecule has 0 saturated heterocycles. The van der Waals surface area contributed by atoms with E-state index in [0.29, 0.717) is 12.8 Å². The molecule has 3 rings (SSSR count). The number of carbonyl (C=O) groups excluding carboxylic acids is 1. The summed E-state index contributed by atoms with van der Waals surface area (Å²) in [5.41, 5.74) is 6.33. The summed E-state index contributed by atoms with van der Waals surface area (Å²) in [6.45, 7) is 4.20. The van der Waals surface area contributed by atoms with Crippen LogP contribution in [-0.4, -0.2) is 45.4 Å². The van der Waals surface area contributed by atoms with Crippen molar-refractivity contribution < 1.29 is 19.1 Å². The lowest BCUT2D eigenvalue weighted by Crippen LogP contribution is -2.66. The zero-order valence-electron chi connectivity index (χ0n) is 18.2. The lowest BCUT2D eigenvalue weighted by atomic mass is 9.86. The van der Waals surface area contributed by atoms with E-state index in [0.717, 1.165) is 10.4 Å². The Morgan fingerprint density at radius 3 is 2.00 bits per heavy atom. The number of nitrogens with two attached hydrogens (primary N) is 1. The van der Waals surface area contributed by atoms with E-state index in [2.05, 4.69) is 13.8 Å². The average molecular weight is 428 g/mol. The van der Waals surface area contributed by atoms with Gasteiger partial charge in [-0.2, -0.15) is 0 Å².